The van der Waals surface area contributed by atoms with Crippen LogP contribution in [0.4, 0.5) is 0 Å². The molecule has 0 aliphatic carbocycles. The average Bonchev–Trinajstić information content (AvgIpc) is 2.81. The first-order valence-electron chi connectivity index (χ1n) is 9.94. The molecule has 0 amide bonds. The number of aromatic hydroxyl groups is 1. The number of allylic oxidation sites excluding steroid dienone is 1. The van der Waals surface area contributed by atoms with Gasteiger partial charge in [0.2, 0.25) is 0 Å². The van der Waals surface area contributed by atoms with Crippen molar-refractivity contribution in [2.75, 3.05) is 21.3 Å². The van der Waals surface area contributed by atoms with Gasteiger partial charge in [0.25, 0.3) is 0 Å². The van der Waals surface area contributed by atoms with Gasteiger partial charge < -0.3 is 19.3 Å². The minimum atomic E-state index is -0.371. The molecule has 1 N–H and O–H groups in total. The van der Waals surface area contributed by atoms with Crippen LogP contribution in [-0.4, -0.2) is 32.2 Å². The van der Waals surface area contributed by atoms with Gasteiger partial charge in [-0.15, -0.1) is 0 Å². The van der Waals surface area contributed by atoms with Crippen LogP contribution in [0.5, 0.6) is 23.0 Å². The molecule has 0 heterocycles. The van der Waals surface area contributed by atoms with Crippen molar-refractivity contribution in [2.45, 2.75) is 12.8 Å². The van der Waals surface area contributed by atoms with E-state index >= 15 is 0 Å². The quantitative estimate of drug-likeness (QED) is 0.387. The van der Waals surface area contributed by atoms with Crippen LogP contribution >= 0.6 is 0 Å². The van der Waals surface area contributed by atoms with Gasteiger partial charge in [0.05, 0.1) is 21.3 Å². The van der Waals surface area contributed by atoms with Crippen LogP contribution in [0.1, 0.15) is 27.0 Å². The second kappa shape index (κ2) is 10.3. The predicted octanol–water partition coefficient (Wildman–Crippen LogP) is 5.10. The molecule has 0 aromatic heterocycles. The number of methoxy groups -OCH3 is 3. The van der Waals surface area contributed by atoms with Gasteiger partial charge in [-0.2, -0.15) is 0 Å². The summed E-state index contributed by atoms with van der Waals surface area (Å²) in [5.74, 6) is 0.866. The van der Waals surface area contributed by atoms with Crippen molar-refractivity contribution in [3.63, 3.8) is 0 Å². The number of carbonyl (C=O) groups is 1. The molecular formula is C26H26O5. The van der Waals surface area contributed by atoms with Crippen molar-refractivity contribution in [3.8, 4) is 23.0 Å². The zero-order valence-electron chi connectivity index (χ0n) is 17.9. The lowest BCUT2D eigenvalue weighted by molar-refractivity contribution is 0.104. The molecule has 31 heavy (non-hydrogen) atoms. The molecule has 3 rings (SSSR count). The van der Waals surface area contributed by atoms with E-state index in [2.05, 4.69) is 12.1 Å². The van der Waals surface area contributed by atoms with E-state index in [1.165, 1.54) is 31.9 Å². The van der Waals surface area contributed by atoms with E-state index in [9.17, 15) is 9.90 Å². The van der Waals surface area contributed by atoms with Gasteiger partial charge in [0, 0.05) is 12.1 Å². The molecule has 3 aromatic carbocycles. The third kappa shape index (κ3) is 5.45. The maximum atomic E-state index is 12.7. The molecule has 3 aromatic rings. The van der Waals surface area contributed by atoms with Crippen LogP contribution in [-0.2, 0) is 12.8 Å². The number of aryl methyl sites for hydroxylation is 2. The Labute approximate surface area is 182 Å². The zero-order valence-corrected chi connectivity index (χ0v) is 17.9. The van der Waals surface area contributed by atoms with Crippen LogP contribution < -0.4 is 14.2 Å². The summed E-state index contributed by atoms with van der Waals surface area (Å²) >= 11 is 0. The second-order valence-corrected chi connectivity index (χ2v) is 6.98. The summed E-state index contributed by atoms with van der Waals surface area (Å²) in [6.45, 7) is 0. The Morgan fingerprint density at radius 3 is 2.29 bits per heavy atom. The number of phenolic OH excluding ortho intramolecular Hbond substituents is 1. The number of rotatable bonds is 9. The molecule has 0 atom stereocenters. The number of carbonyl (C=O) groups excluding carboxylic acids is 1. The lowest BCUT2D eigenvalue weighted by atomic mass is 10.0. The van der Waals surface area contributed by atoms with Gasteiger partial charge in [-0.05, 0) is 41.7 Å². The lowest BCUT2D eigenvalue weighted by Crippen LogP contribution is -2.00. The first kappa shape index (κ1) is 22.0. The summed E-state index contributed by atoms with van der Waals surface area (Å²) in [5.41, 5.74) is 3.28. The number of phenols is 1. The van der Waals surface area contributed by atoms with Gasteiger partial charge >= 0.3 is 0 Å². The maximum Gasteiger partial charge on any atom is 0.193 e. The van der Waals surface area contributed by atoms with E-state index in [-0.39, 0.29) is 22.8 Å². The highest BCUT2D eigenvalue weighted by Crippen LogP contribution is 2.34. The summed E-state index contributed by atoms with van der Waals surface area (Å²) in [5, 5.41) is 10.2. The molecule has 5 nitrogen and oxygen atoms in total. The lowest BCUT2D eigenvalue weighted by Gasteiger charge is -2.11. The molecule has 0 saturated heterocycles. The highest BCUT2D eigenvalue weighted by atomic mass is 16.5. The minimum absolute atomic E-state index is 0.0889. The first-order valence-corrected chi connectivity index (χ1v) is 9.94. The van der Waals surface area contributed by atoms with Gasteiger partial charge in [0.15, 0.2) is 5.78 Å². The van der Waals surface area contributed by atoms with Crippen LogP contribution in [0.25, 0.3) is 6.08 Å². The highest BCUT2D eigenvalue weighted by molar-refractivity contribution is 6.10. The molecule has 5 heteroatoms. The monoisotopic (exact) mass is 418 g/mol. The van der Waals surface area contributed by atoms with Crippen molar-refractivity contribution in [3.05, 3.63) is 89.0 Å². The van der Waals surface area contributed by atoms with Crippen molar-refractivity contribution in [1.82, 2.24) is 0 Å². The van der Waals surface area contributed by atoms with E-state index in [0.717, 1.165) is 29.7 Å². The topological polar surface area (TPSA) is 65.0 Å². The molecule has 0 saturated carbocycles. The fraction of sp³-hybridized carbons (Fsp3) is 0.192. The largest absolute Gasteiger partial charge is 0.507 e. The van der Waals surface area contributed by atoms with Crippen molar-refractivity contribution < 1.29 is 24.1 Å². The van der Waals surface area contributed by atoms with Crippen LogP contribution in [0.15, 0.2) is 66.7 Å². The normalized spacial score (nSPS) is 10.8. The Morgan fingerprint density at radius 1 is 0.871 bits per heavy atom. The molecular weight excluding hydrogens is 392 g/mol. The number of ether oxygens (including phenoxy) is 3. The summed E-state index contributed by atoms with van der Waals surface area (Å²) in [6, 6.07) is 19.1. The van der Waals surface area contributed by atoms with E-state index in [1.807, 2.05) is 36.4 Å². The SMILES string of the molecule is COc1cc(O)c(C(=O)C=Cc2ccc(CCc3ccccc3)c(OC)c2)c(OC)c1. The fourth-order valence-corrected chi connectivity index (χ4v) is 3.35. The Morgan fingerprint density at radius 2 is 1.61 bits per heavy atom. The minimum Gasteiger partial charge on any atom is -0.507 e. The third-order valence-electron chi connectivity index (χ3n) is 5.02. The summed E-state index contributed by atoms with van der Waals surface area (Å²) in [4.78, 5) is 12.7. The number of hydrogen-bond acceptors (Lipinski definition) is 5. The van der Waals surface area contributed by atoms with Crippen LogP contribution in [0, 0.1) is 0 Å². The van der Waals surface area contributed by atoms with E-state index in [0.29, 0.717) is 5.75 Å². The van der Waals surface area contributed by atoms with Crippen molar-refractivity contribution >= 4 is 11.9 Å². The Balaban J connectivity index is 1.77. The summed E-state index contributed by atoms with van der Waals surface area (Å²) in [7, 11) is 4.56. The molecule has 0 radical (unpaired) electrons. The zero-order chi connectivity index (χ0) is 22.2. The van der Waals surface area contributed by atoms with Gasteiger partial charge in [-0.3, -0.25) is 4.79 Å². The number of hydrogen-bond donors (Lipinski definition) is 1. The average molecular weight is 418 g/mol. The predicted molar refractivity (Wildman–Crippen MR) is 121 cm³/mol. The fourth-order valence-electron chi connectivity index (χ4n) is 3.35. The Bertz CT molecular complexity index is 1070. The molecule has 0 unspecified atom stereocenters. The number of benzene rings is 3. The highest BCUT2D eigenvalue weighted by Gasteiger charge is 2.17. The van der Waals surface area contributed by atoms with Crippen molar-refractivity contribution in [2.24, 2.45) is 0 Å². The molecule has 0 spiro atoms. The second-order valence-electron chi connectivity index (χ2n) is 6.98. The molecule has 0 fully saturated rings. The first-order chi connectivity index (χ1) is 15.0. The smallest absolute Gasteiger partial charge is 0.193 e. The molecule has 0 aliphatic rings. The van der Waals surface area contributed by atoms with Crippen LogP contribution in [0.2, 0.25) is 0 Å². The maximum absolute atomic E-state index is 12.7. The van der Waals surface area contributed by atoms with Gasteiger partial charge in [-0.1, -0.05) is 48.5 Å². The molecule has 0 bridgehead atoms. The van der Waals surface area contributed by atoms with Gasteiger partial charge in [-0.25, -0.2) is 0 Å². The van der Waals surface area contributed by atoms with Crippen LogP contribution in [0.3, 0.4) is 0 Å². The van der Waals surface area contributed by atoms with Gasteiger partial charge in [0.1, 0.15) is 28.6 Å². The standard InChI is InChI=1S/C26H26O5/c1-29-21-16-23(28)26(25(17-21)31-3)22(27)14-11-19-10-13-20(24(15-19)30-2)12-9-18-7-5-4-6-8-18/h4-8,10-11,13-17,28H,9,12H2,1-3H3. The third-order valence-corrected chi connectivity index (χ3v) is 5.02. The molecule has 160 valence electrons. The molecule has 0 aliphatic heterocycles. The van der Waals surface area contributed by atoms with E-state index in [1.54, 1.807) is 19.3 Å². The van der Waals surface area contributed by atoms with Crippen molar-refractivity contribution in [1.29, 1.82) is 0 Å². The Kier molecular flexibility index (Phi) is 7.33. The summed E-state index contributed by atoms with van der Waals surface area (Å²) in [6.07, 6.45) is 4.87. The Hall–Kier alpha value is -3.73. The number of ketones is 1. The van der Waals surface area contributed by atoms with E-state index < -0.39 is 0 Å². The van der Waals surface area contributed by atoms with E-state index in [4.69, 9.17) is 14.2 Å². The summed E-state index contributed by atoms with van der Waals surface area (Å²) < 4.78 is 15.9.